The van der Waals surface area contributed by atoms with Gasteiger partial charge in [-0.05, 0) is 6.92 Å². The van der Waals surface area contributed by atoms with Crippen LogP contribution in [0.4, 0.5) is 11.6 Å². The molecule has 98 valence electrons. The van der Waals surface area contributed by atoms with Crippen LogP contribution >= 0.6 is 0 Å². The van der Waals surface area contributed by atoms with Crippen molar-refractivity contribution < 1.29 is 9.32 Å². The van der Waals surface area contributed by atoms with E-state index in [2.05, 4.69) is 32.3 Å². The van der Waals surface area contributed by atoms with Gasteiger partial charge in [-0.15, -0.1) is 6.58 Å². The van der Waals surface area contributed by atoms with Crippen LogP contribution < -0.4 is 10.6 Å². The fraction of sp³-hybridized carbons (Fsp3) is 0.167. The van der Waals surface area contributed by atoms with Crippen molar-refractivity contribution in [3.8, 4) is 0 Å². The normalized spacial score (nSPS) is 9.95. The van der Waals surface area contributed by atoms with Crippen molar-refractivity contribution in [2.45, 2.75) is 6.92 Å². The van der Waals surface area contributed by atoms with E-state index in [1.54, 1.807) is 25.1 Å². The lowest BCUT2D eigenvalue weighted by molar-refractivity contribution is 0.102. The highest BCUT2D eigenvalue weighted by atomic mass is 16.5. The zero-order valence-electron chi connectivity index (χ0n) is 10.4. The Kier molecular flexibility index (Phi) is 3.87. The van der Waals surface area contributed by atoms with Crippen LogP contribution in [0, 0.1) is 6.92 Å². The lowest BCUT2D eigenvalue weighted by Crippen LogP contribution is -2.14. The summed E-state index contributed by atoms with van der Waals surface area (Å²) >= 11 is 0. The molecule has 0 spiro atoms. The molecule has 0 saturated heterocycles. The summed E-state index contributed by atoms with van der Waals surface area (Å²) in [6.07, 6.45) is 3.01. The molecule has 0 aromatic carbocycles. The van der Waals surface area contributed by atoms with Gasteiger partial charge in [-0.3, -0.25) is 4.79 Å². The van der Waals surface area contributed by atoms with Crippen molar-refractivity contribution in [2.24, 2.45) is 0 Å². The summed E-state index contributed by atoms with van der Waals surface area (Å²) in [5.41, 5.74) is 0.238. The van der Waals surface area contributed by atoms with Gasteiger partial charge in [-0.2, -0.15) is 0 Å². The van der Waals surface area contributed by atoms with Gasteiger partial charge < -0.3 is 15.2 Å². The number of nitrogens with zero attached hydrogens (tertiary/aromatic N) is 3. The zero-order chi connectivity index (χ0) is 13.7. The van der Waals surface area contributed by atoms with E-state index in [9.17, 15) is 4.79 Å². The quantitative estimate of drug-likeness (QED) is 0.792. The van der Waals surface area contributed by atoms with E-state index in [0.717, 1.165) is 0 Å². The Morgan fingerprint density at radius 2 is 2.26 bits per heavy atom. The number of anilines is 2. The van der Waals surface area contributed by atoms with Gasteiger partial charge in [0.25, 0.3) is 5.91 Å². The molecule has 1 amide bonds. The summed E-state index contributed by atoms with van der Waals surface area (Å²) in [6, 6.07) is 3.17. The smallest absolute Gasteiger partial charge is 0.275 e. The van der Waals surface area contributed by atoms with E-state index < -0.39 is 0 Å². The lowest BCUT2D eigenvalue weighted by atomic mass is 10.3. The van der Waals surface area contributed by atoms with Crippen molar-refractivity contribution in [2.75, 3.05) is 17.2 Å². The summed E-state index contributed by atoms with van der Waals surface area (Å²) in [6.45, 7) is 5.88. The molecule has 7 heteroatoms. The molecule has 0 saturated carbocycles. The Balaban J connectivity index is 2.08. The van der Waals surface area contributed by atoms with Crippen molar-refractivity contribution in [3.63, 3.8) is 0 Å². The average molecular weight is 259 g/mol. The van der Waals surface area contributed by atoms with Gasteiger partial charge >= 0.3 is 0 Å². The number of hydrogen-bond donors (Lipinski definition) is 2. The summed E-state index contributed by atoms with van der Waals surface area (Å²) < 4.78 is 4.86. The van der Waals surface area contributed by atoms with Crippen molar-refractivity contribution in [3.05, 3.63) is 42.6 Å². The molecule has 0 unspecified atom stereocenters. The largest absolute Gasteiger partial charge is 0.366 e. The number of amides is 1. The maximum Gasteiger partial charge on any atom is 0.275 e. The van der Waals surface area contributed by atoms with Gasteiger partial charge in [0.1, 0.15) is 23.6 Å². The minimum absolute atomic E-state index is 0.238. The molecule has 0 bridgehead atoms. The fourth-order valence-corrected chi connectivity index (χ4v) is 1.36. The summed E-state index contributed by atoms with van der Waals surface area (Å²) in [7, 11) is 0. The molecule has 2 aromatic heterocycles. The van der Waals surface area contributed by atoms with E-state index in [1.807, 2.05) is 0 Å². The maximum absolute atomic E-state index is 11.9. The number of aromatic nitrogens is 3. The van der Waals surface area contributed by atoms with Crippen LogP contribution in [0.15, 0.2) is 35.6 Å². The third kappa shape index (κ3) is 3.38. The van der Waals surface area contributed by atoms with Crippen LogP contribution in [-0.4, -0.2) is 27.6 Å². The average Bonchev–Trinajstić information content (AvgIpc) is 2.82. The first-order valence-corrected chi connectivity index (χ1v) is 5.60. The van der Waals surface area contributed by atoms with Crippen LogP contribution in [0.1, 0.15) is 16.2 Å². The van der Waals surface area contributed by atoms with Crippen molar-refractivity contribution in [1.82, 2.24) is 15.1 Å². The Labute approximate surface area is 109 Å². The minimum atomic E-state index is -0.377. The molecule has 2 heterocycles. The van der Waals surface area contributed by atoms with E-state index >= 15 is 0 Å². The molecule has 0 radical (unpaired) electrons. The van der Waals surface area contributed by atoms with Crippen LogP contribution in [-0.2, 0) is 0 Å². The molecule has 0 aliphatic heterocycles. The Bertz CT molecular complexity index is 593. The molecule has 7 nitrogen and oxygen atoms in total. The van der Waals surface area contributed by atoms with Crippen LogP contribution in [0.25, 0.3) is 0 Å². The molecular weight excluding hydrogens is 246 g/mol. The Morgan fingerprint density at radius 3 is 2.95 bits per heavy atom. The first-order valence-electron chi connectivity index (χ1n) is 5.60. The van der Waals surface area contributed by atoms with Gasteiger partial charge in [0, 0.05) is 18.7 Å². The minimum Gasteiger partial charge on any atom is -0.366 e. The third-order valence-electron chi connectivity index (χ3n) is 2.20. The molecule has 19 heavy (non-hydrogen) atoms. The predicted octanol–water partition coefficient (Wildman–Crippen LogP) is 1.62. The molecule has 2 aromatic rings. The van der Waals surface area contributed by atoms with Crippen LogP contribution in [0.3, 0.4) is 0 Å². The lowest BCUT2D eigenvalue weighted by Gasteiger charge is -2.04. The van der Waals surface area contributed by atoms with E-state index in [4.69, 9.17) is 4.52 Å². The first kappa shape index (κ1) is 12.7. The molecular formula is C12H13N5O2. The van der Waals surface area contributed by atoms with Gasteiger partial charge in [0.15, 0.2) is 5.82 Å². The second-order valence-corrected chi connectivity index (χ2v) is 3.73. The highest BCUT2D eigenvalue weighted by molar-refractivity contribution is 6.02. The standard InChI is InChI=1S/C12H13N5O2/c1-3-4-13-10-6-9(14-7-15-10)12(18)16-11-5-8(2)19-17-11/h3,5-7H,1,4H2,2H3,(H,13,14,15)(H,16,17,18). The number of carbonyl (C=O) groups is 1. The fourth-order valence-electron chi connectivity index (χ4n) is 1.36. The van der Waals surface area contributed by atoms with Crippen LogP contribution in [0.2, 0.25) is 0 Å². The van der Waals surface area contributed by atoms with Gasteiger partial charge in [0.2, 0.25) is 0 Å². The molecule has 0 aliphatic carbocycles. The third-order valence-corrected chi connectivity index (χ3v) is 2.20. The summed E-state index contributed by atoms with van der Waals surface area (Å²) in [5.74, 6) is 1.14. The molecule has 2 rings (SSSR count). The van der Waals surface area contributed by atoms with E-state index in [1.165, 1.54) is 6.33 Å². The second-order valence-electron chi connectivity index (χ2n) is 3.73. The zero-order valence-corrected chi connectivity index (χ0v) is 10.4. The van der Waals surface area contributed by atoms with Crippen molar-refractivity contribution in [1.29, 1.82) is 0 Å². The predicted molar refractivity (Wildman–Crippen MR) is 69.9 cm³/mol. The Morgan fingerprint density at radius 1 is 1.42 bits per heavy atom. The molecule has 0 atom stereocenters. The van der Waals surface area contributed by atoms with Crippen molar-refractivity contribution >= 4 is 17.5 Å². The molecule has 2 N–H and O–H groups in total. The molecule has 0 fully saturated rings. The van der Waals surface area contributed by atoms with Crippen LogP contribution in [0.5, 0.6) is 0 Å². The highest BCUT2D eigenvalue weighted by Crippen LogP contribution is 2.10. The maximum atomic E-state index is 11.9. The van der Waals surface area contributed by atoms with E-state index in [-0.39, 0.29) is 11.6 Å². The summed E-state index contributed by atoms with van der Waals surface area (Å²) in [5, 5.41) is 9.23. The number of rotatable bonds is 5. The van der Waals surface area contributed by atoms with E-state index in [0.29, 0.717) is 23.9 Å². The Hall–Kier alpha value is -2.70. The topological polar surface area (TPSA) is 92.9 Å². The monoisotopic (exact) mass is 259 g/mol. The highest BCUT2D eigenvalue weighted by Gasteiger charge is 2.11. The first-order chi connectivity index (χ1) is 9.19. The van der Waals surface area contributed by atoms with Gasteiger partial charge in [-0.1, -0.05) is 11.2 Å². The number of nitrogens with one attached hydrogen (secondary N) is 2. The summed E-state index contributed by atoms with van der Waals surface area (Å²) in [4.78, 5) is 19.8. The van der Waals surface area contributed by atoms with Gasteiger partial charge in [-0.25, -0.2) is 9.97 Å². The second kappa shape index (κ2) is 5.76. The van der Waals surface area contributed by atoms with Gasteiger partial charge in [0.05, 0.1) is 0 Å². The SMILES string of the molecule is C=CCNc1cc(C(=O)Nc2cc(C)on2)ncn1. The number of carbonyl (C=O) groups excluding carboxylic acids is 1. The molecule has 0 aliphatic rings. The number of aryl methyl sites for hydroxylation is 1. The number of hydrogen-bond acceptors (Lipinski definition) is 6.